The molecule has 0 fully saturated rings. The van der Waals surface area contributed by atoms with E-state index in [1.807, 2.05) is 19.1 Å². The number of aliphatic hydroxyl groups excluding tert-OH is 1. The largest absolute Gasteiger partial charge is 0.495 e. The van der Waals surface area contributed by atoms with E-state index >= 15 is 0 Å². The number of hydrogen-bond donors (Lipinski definition) is 1. The Morgan fingerprint density at radius 2 is 2.27 bits per heavy atom. The lowest BCUT2D eigenvalue weighted by Crippen LogP contribution is -2.05. The van der Waals surface area contributed by atoms with E-state index in [1.165, 1.54) is 0 Å². The monoisotopic (exact) mass is 228 g/mol. The van der Waals surface area contributed by atoms with Crippen molar-refractivity contribution in [1.82, 2.24) is 0 Å². The summed E-state index contributed by atoms with van der Waals surface area (Å²) in [5.41, 5.74) is 1.83. The Morgan fingerprint density at radius 1 is 1.60 bits per heavy atom. The number of hydrogen-bond acceptors (Lipinski definition) is 2. The van der Waals surface area contributed by atoms with Crippen LogP contribution < -0.4 is 0 Å². The molecule has 1 rings (SSSR count). The van der Waals surface area contributed by atoms with Crippen molar-refractivity contribution >= 4 is 11.6 Å². The van der Waals surface area contributed by atoms with E-state index < -0.39 is 0 Å². The van der Waals surface area contributed by atoms with Gasteiger partial charge in [0.15, 0.2) is 0 Å². The van der Waals surface area contributed by atoms with Gasteiger partial charge in [0, 0.05) is 5.57 Å². The maximum absolute atomic E-state index is 9.21. The third kappa shape index (κ3) is 2.64. The van der Waals surface area contributed by atoms with Gasteiger partial charge >= 0.3 is 0 Å². The van der Waals surface area contributed by atoms with E-state index in [0.29, 0.717) is 16.7 Å². The van der Waals surface area contributed by atoms with Crippen LogP contribution in [0.4, 0.5) is 0 Å². The molecule has 1 unspecified atom stereocenters. The van der Waals surface area contributed by atoms with Crippen molar-refractivity contribution in [3.8, 4) is 0 Å². The molecular formula is C12H17ClO2. The highest BCUT2D eigenvalue weighted by Gasteiger charge is 2.16. The molecule has 1 aliphatic carbocycles. The molecule has 0 bridgehead atoms. The zero-order valence-electron chi connectivity index (χ0n) is 9.38. The number of aliphatic hydroxyl groups is 1. The summed E-state index contributed by atoms with van der Waals surface area (Å²) in [6, 6.07) is 0. The molecule has 0 saturated carbocycles. The van der Waals surface area contributed by atoms with Crippen molar-refractivity contribution < 1.29 is 9.84 Å². The van der Waals surface area contributed by atoms with Gasteiger partial charge in [0.2, 0.25) is 0 Å². The zero-order valence-corrected chi connectivity index (χ0v) is 10.1. The predicted octanol–water partition coefficient (Wildman–Crippen LogP) is 2.99. The minimum atomic E-state index is -0.0580. The summed E-state index contributed by atoms with van der Waals surface area (Å²) >= 11 is 6.23. The second-order valence-corrected chi connectivity index (χ2v) is 4.13. The van der Waals surface area contributed by atoms with Crippen LogP contribution in [0.25, 0.3) is 0 Å². The predicted molar refractivity (Wildman–Crippen MR) is 62.6 cm³/mol. The van der Waals surface area contributed by atoms with Crippen LogP contribution in [0.5, 0.6) is 0 Å². The highest BCUT2D eigenvalue weighted by atomic mass is 35.5. The summed E-state index contributed by atoms with van der Waals surface area (Å²) in [5, 5.41) is 9.83. The lowest BCUT2D eigenvalue weighted by Gasteiger charge is -2.18. The molecule has 15 heavy (non-hydrogen) atoms. The maximum Gasteiger partial charge on any atom is 0.142 e. The lowest BCUT2D eigenvalue weighted by atomic mass is 9.95. The molecule has 0 aliphatic heterocycles. The highest BCUT2D eigenvalue weighted by Crippen LogP contribution is 2.30. The molecule has 0 aromatic rings. The van der Waals surface area contributed by atoms with Crippen LogP contribution in [0.2, 0.25) is 0 Å². The SMILES string of the molecule is COC1=C(CO)/C=C/CC(C)C(C)=C1Cl. The van der Waals surface area contributed by atoms with Crippen LogP contribution in [0.3, 0.4) is 0 Å². The number of halogens is 1. The Bertz CT molecular complexity index is 327. The average Bonchev–Trinajstić information content (AvgIpc) is 2.24. The summed E-state index contributed by atoms with van der Waals surface area (Å²) in [6.45, 7) is 4.07. The molecule has 1 N–H and O–H groups in total. The van der Waals surface area contributed by atoms with Crippen LogP contribution in [-0.4, -0.2) is 18.8 Å². The smallest absolute Gasteiger partial charge is 0.142 e. The van der Waals surface area contributed by atoms with Crippen molar-refractivity contribution in [2.24, 2.45) is 5.92 Å². The Morgan fingerprint density at radius 3 is 2.80 bits per heavy atom. The van der Waals surface area contributed by atoms with Crippen LogP contribution in [0, 0.1) is 5.92 Å². The van der Waals surface area contributed by atoms with Gasteiger partial charge in [-0.1, -0.05) is 30.7 Å². The molecule has 0 aromatic carbocycles. The van der Waals surface area contributed by atoms with Gasteiger partial charge < -0.3 is 9.84 Å². The minimum absolute atomic E-state index is 0.0580. The molecule has 0 spiro atoms. The van der Waals surface area contributed by atoms with Crippen LogP contribution >= 0.6 is 11.6 Å². The standard InChI is InChI=1S/C12H17ClO2/c1-8-5-4-6-10(7-14)12(15-3)11(13)9(8)2/h4,6,8,14H,5,7H2,1-3H3/b6-4+,11-9?,12-10?. The van der Waals surface area contributed by atoms with Crippen molar-refractivity contribution in [2.75, 3.05) is 13.7 Å². The summed E-state index contributed by atoms with van der Waals surface area (Å²) in [6.07, 6.45) is 4.86. The first-order valence-corrected chi connectivity index (χ1v) is 5.40. The first-order chi connectivity index (χ1) is 7.11. The van der Waals surface area contributed by atoms with Crippen molar-refractivity contribution in [3.63, 3.8) is 0 Å². The van der Waals surface area contributed by atoms with Crippen molar-refractivity contribution in [2.45, 2.75) is 20.3 Å². The quantitative estimate of drug-likeness (QED) is 0.788. The molecule has 1 atom stereocenters. The van der Waals surface area contributed by atoms with E-state index in [0.717, 1.165) is 17.6 Å². The lowest BCUT2D eigenvalue weighted by molar-refractivity contribution is 0.280. The number of ether oxygens (including phenoxy) is 1. The van der Waals surface area contributed by atoms with E-state index in [2.05, 4.69) is 6.92 Å². The number of methoxy groups -OCH3 is 1. The molecule has 0 amide bonds. The highest BCUT2D eigenvalue weighted by molar-refractivity contribution is 6.32. The van der Waals surface area contributed by atoms with Gasteiger partial charge in [-0.05, 0) is 24.8 Å². The molecule has 0 heterocycles. The normalized spacial score (nSPS) is 25.0. The van der Waals surface area contributed by atoms with Gasteiger partial charge in [-0.3, -0.25) is 0 Å². The molecule has 2 nitrogen and oxygen atoms in total. The van der Waals surface area contributed by atoms with Gasteiger partial charge in [-0.25, -0.2) is 0 Å². The fraction of sp³-hybridized carbons (Fsp3) is 0.500. The van der Waals surface area contributed by atoms with Gasteiger partial charge in [0.25, 0.3) is 0 Å². The van der Waals surface area contributed by atoms with Crippen LogP contribution in [0.15, 0.2) is 34.1 Å². The van der Waals surface area contributed by atoms with Crippen molar-refractivity contribution in [1.29, 1.82) is 0 Å². The molecule has 1 aliphatic rings. The van der Waals surface area contributed by atoms with Gasteiger partial charge in [0.1, 0.15) is 5.76 Å². The summed E-state index contributed by atoms with van der Waals surface area (Å²) in [4.78, 5) is 0. The summed E-state index contributed by atoms with van der Waals surface area (Å²) in [7, 11) is 1.57. The number of allylic oxidation sites excluding steroid dienone is 3. The zero-order chi connectivity index (χ0) is 11.4. The first kappa shape index (κ1) is 12.3. The summed E-state index contributed by atoms with van der Waals surface area (Å²) in [5.74, 6) is 0.985. The number of rotatable bonds is 2. The second-order valence-electron chi connectivity index (χ2n) is 3.75. The van der Waals surface area contributed by atoms with E-state index in [-0.39, 0.29) is 6.61 Å². The van der Waals surface area contributed by atoms with Crippen molar-refractivity contribution in [3.05, 3.63) is 34.1 Å². The fourth-order valence-corrected chi connectivity index (χ4v) is 1.93. The minimum Gasteiger partial charge on any atom is -0.495 e. The van der Waals surface area contributed by atoms with Gasteiger partial charge in [-0.2, -0.15) is 0 Å². The van der Waals surface area contributed by atoms with Gasteiger partial charge in [-0.15, -0.1) is 0 Å². The third-order valence-corrected chi connectivity index (χ3v) is 3.23. The molecule has 0 radical (unpaired) electrons. The van der Waals surface area contributed by atoms with E-state index in [1.54, 1.807) is 7.11 Å². The molecule has 3 heteroatoms. The van der Waals surface area contributed by atoms with Crippen LogP contribution in [-0.2, 0) is 4.74 Å². The molecule has 84 valence electrons. The first-order valence-electron chi connectivity index (χ1n) is 5.03. The summed E-state index contributed by atoms with van der Waals surface area (Å²) < 4.78 is 5.24. The Hall–Kier alpha value is -0.730. The maximum atomic E-state index is 9.21. The Kier molecular flexibility index (Phi) is 4.43. The molecule has 0 aromatic heterocycles. The average molecular weight is 229 g/mol. The Balaban J connectivity index is 3.26. The Labute approximate surface area is 95.9 Å². The molecule has 0 saturated heterocycles. The van der Waals surface area contributed by atoms with Gasteiger partial charge in [0.05, 0.1) is 18.7 Å². The van der Waals surface area contributed by atoms with E-state index in [4.69, 9.17) is 16.3 Å². The second kappa shape index (κ2) is 5.38. The van der Waals surface area contributed by atoms with E-state index in [9.17, 15) is 5.11 Å². The fourth-order valence-electron chi connectivity index (χ4n) is 1.55. The molecular weight excluding hydrogens is 212 g/mol. The third-order valence-electron chi connectivity index (χ3n) is 2.76. The van der Waals surface area contributed by atoms with Crippen LogP contribution in [0.1, 0.15) is 20.3 Å². The topological polar surface area (TPSA) is 29.5 Å².